The van der Waals surface area contributed by atoms with Crippen molar-refractivity contribution in [3.05, 3.63) is 41.8 Å². The molecule has 1 aromatic carbocycles. The van der Waals surface area contributed by atoms with E-state index in [4.69, 9.17) is 9.68 Å². The van der Waals surface area contributed by atoms with Crippen molar-refractivity contribution in [2.75, 3.05) is 0 Å². The molecule has 5 heteroatoms. The van der Waals surface area contributed by atoms with Crippen LogP contribution in [0, 0.1) is 11.3 Å². The Morgan fingerprint density at radius 2 is 2.05 bits per heavy atom. The minimum atomic E-state index is -0.169. The third kappa shape index (κ3) is 4.42. The van der Waals surface area contributed by atoms with Gasteiger partial charge in [-0.2, -0.15) is 5.26 Å². The molecule has 2 rings (SSSR count). The first kappa shape index (κ1) is 13.6. The summed E-state index contributed by atoms with van der Waals surface area (Å²) in [6.07, 6.45) is 2.74. The zero-order valence-corrected chi connectivity index (χ0v) is 11.6. The number of hydrogen-bond donors (Lipinski definition) is 0. The molecule has 2 aromatic rings. The van der Waals surface area contributed by atoms with Gasteiger partial charge in [0.1, 0.15) is 0 Å². The molecule has 19 heavy (non-hydrogen) atoms. The quantitative estimate of drug-likeness (QED) is 0.756. The highest BCUT2D eigenvalue weighted by molar-refractivity contribution is 7.99. The Balaban J connectivity index is 1.79. The normalized spacial score (nSPS) is 12.0. The molecule has 0 N–H and O–H groups in total. The van der Waals surface area contributed by atoms with Crippen molar-refractivity contribution >= 4 is 11.8 Å². The second-order valence-electron chi connectivity index (χ2n) is 4.19. The summed E-state index contributed by atoms with van der Waals surface area (Å²) >= 11 is 1.29. The van der Waals surface area contributed by atoms with Crippen LogP contribution in [0.4, 0.5) is 0 Å². The van der Waals surface area contributed by atoms with Gasteiger partial charge in [0.15, 0.2) is 0 Å². The van der Waals surface area contributed by atoms with E-state index in [0.717, 1.165) is 19.3 Å². The fourth-order valence-corrected chi connectivity index (χ4v) is 2.24. The molecule has 0 fully saturated rings. The van der Waals surface area contributed by atoms with Gasteiger partial charge in [-0.25, -0.2) is 0 Å². The second kappa shape index (κ2) is 6.95. The van der Waals surface area contributed by atoms with Crippen LogP contribution in [-0.4, -0.2) is 15.4 Å². The summed E-state index contributed by atoms with van der Waals surface area (Å²) in [6, 6.07) is 12.5. The van der Waals surface area contributed by atoms with Crippen LogP contribution < -0.4 is 0 Å². The minimum absolute atomic E-state index is 0.169. The van der Waals surface area contributed by atoms with Crippen LogP contribution >= 0.6 is 11.8 Å². The number of aromatic nitrogens is 2. The summed E-state index contributed by atoms with van der Waals surface area (Å²) in [6.45, 7) is 1.81. The van der Waals surface area contributed by atoms with E-state index < -0.39 is 0 Å². The average molecular weight is 273 g/mol. The molecular weight excluding hydrogens is 258 g/mol. The lowest BCUT2D eigenvalue weighted by Crippen LogP contribution is -1.90. The molecule has 1 heterocycles. The summed E-state index contributed by atoms with van der Waals surface area (Å²) in [5.41, 5.74) is 1.31. The molecule has 0 saturated carbocycles. The Bertz CT molecular complexity index is 547. The zero-order valence-electron chi connectivity index (χ0n) is 10.7. The highest BCUT2D eigenvalue weighted by Crippen LogP contribution is 2.21. The number of nitriles is 1. The van der Waals surface area contributed by atoms with Gasteiger partial charge in [-0.15, -0.1) is 10.2 Å². The summed E-state index contributed by atoms with van der Waals surface area (Å²) in [5.74, 6) is 0.642. The lowest BCUT2D eigenvalue weighted by Gasteiger charge is -1.98. The summed E-state index contributed by atoms with van der Waals surface area (Å²) in [4.78, 5) is 0. The maximum absolute atomic E-state index is 8.71. The van der Waals surface area contributed by atoms with Gasteiger partial charge in [0.2, 0.25) is 5.89 Å². The SMILES string of the molecule is CC(C#N)Sc1nnc(CCCc2ccccc2)o1. The molecule has 0 amide bonds. The van der Waals surface area contributed by atoms with E-state index in [9.17, 15) is 0 Å². The Morgan fingerprint density at radius 3 is 2.79 bits per heavy atom. The third-order valence-corrected chi connectivity index (χ3v) is 3.43. The number of aryl methyl sites for hydroxylation is 2. The van der Waals surface area contributed by atoms with Crippen LogP contribution in [0.1, 0.15) is 24.8 Å². The first-order valence-electron chi connectivity index (χ1n) is 6.20. The third-order valence-electron chi connectivity index (χ3n) is 2.61. The summed E-state index contributed by atoms with van der Waals surface area (Å²) in [5, 5.41) is 16.9. The number of benzene rings is 1. The van der Waals surface area contributed by atoms with E-state index in [-0.39, 0.29) is 5.25 Å². The second-order valence-corrected chi connectivity index (χ2v) is 5.48. The van der Waals surface area contributed by atoms with Gasteiger partial charge in [-0.3, -0.25) is 0 Å². The highest BCUT2D eigenvalue weighted by atomic mass is 32.2. The Morgan fingerprint density at radius 1 is 1.26 bits per heavy atom. The molecule has 1 unspecified atom stereocenters. The van der Waals surface area contributed by atoms with Crippen LogP contribution in [0.5, 0.6) is 0 Å². The fraction of sp³-hybridized carbons (Fsp3) is 0.357. The average Bonchev–Trinajstić information content (AvgIpc) is 2.87. The smallest absolute Gasteiger partial charge is 0.277 e. The van der Waals surface area contributed by atoms with Crippen LogP contribution in [0.2, 0.25) is 0 Å². The predicted molar refractivity (Wildman–Crippen MR) is 73.7 cm³/mol. The van der Waals surface area contributed by atoms with Gasteiger partial charge in [0, 0.05) is 6.42 Å². The van der Waals surface area contributed by atoms with Crippen molar-refractivity contribution in [3.63, 3.8) is 0 Å². The van der Waals surface area contributed by atoms with Crippen LogP contribution in [0.15, 0.2) is 40.0 Å². The number of hydrogen-bond acceptors (Lipinski definition) is 5. The molecule has 98 valence electrons. The van der Waals surface area contributed by atoms with Crippen molar-refractivity contribution in [2.24, 2.45) is 0 Å². The molecule has 4 nitrogen and oxygen atoms in total. The van der Waals surface area contributed by atoms with Crippen molar-refractivity contribution in [2.45, 2.75) is 36.7 Å². The number of rotatable bonds is 6. The summed E-state index contributed by atoms with van der Waals surface area (Å²) in [7, 11) is 0. The van der Waals surface area contributed by atoms with Gasteiger partial charge in [-0.05, 0) is 37.1 Å². The van der Waals surface area contributed by atoms with Crippen molar-refractivity contribution in [1.29, 1.82) is 5.26 Å². The molecule has 1 atom stereocenters. The lowest BCUT2D eigenvalue weighted by atomic mass is 10.1. The van der Waals surface area contributed by atoms with Crippen molar-refractivity contribution in [3.8, 4) is 6.07 Å². The van der Waals surface area contributed by atoms with Gasteiger partial charge in [0.05, 0.1) is 11.3 Å². The monoisotopic (exact) mass is 273 g/mol. The first-order chi connectivity index (χ1) is 9.28. The lowest BCUT2D eigenvalue weighted by molar-refractivity contribution is 0.409. The van der Waals surface area contributed by atoms with Crippen molar-refractivity contribution in [1.82, 2.24) is 10.2 Å². The molecule has 0 aliphatic carbocycles. The van der Waals surface area contributed by atoms with Crippen LogP contribution in [-0.2, 0) is 12.8 Å². The molecule has 0 radical (unpaired) electrons. The topological polar surface area (TPSA) is 62.7 Å². The van der Waals surface area contributed by atoms with Gasteiger partial charge >= 0.3 is 0 Å². The number of thioether (sulfide) groups is 1. The predicted octanol–water partition coefficient (Wildman–Crippen LogP) is 3.25. The van der Waals surface area contributed by atoms with Gasteiger partial charge < -0.3 is 4.42 Å². The largest absolute Gasteiger partial charge is 0.416 e. The Hall–Kier alpha value is -1.80. The Kier molecular flexibility index (Phi) is 4.99. The van der Waals surface area contributed by atoms with Gasteiger partial charge in [0.25, 0.3) is 5.22 Å². The molecule has 0 spiro atoms. The number of nitrogens with zero attached hydrogens (tertiary/aromatic N) is 3. The van der Waals surface area contributed by atoms with Crippen molar-refractivity contribution < 1.29 is 4.42 Å². The maximum atomic E-state index is 8.71. The highest BCUT2D eigenvalue weighted by Gasteiger charge is 2.10. The van der Waals surface area contributed by atoms with Crippen LogP contribution in [0.25, 0.3) is 0 Å². The molecule has 0 aliphatic heterocycles. The fourth-order valence-electron chi connectivity index (χ4n) is 1.65. The van der Waals surface area contributed by atoms with Gasteiger partial charge in [-0.1, -0.05) is 30.3 Å². The standard InChI is InChI=1S/C14H15N3OS/c1-11(10-15)19-14-17-16-13(18-14)9-5-8-12-6-3-2-4-7-12/h2-4,6-7,11H,5,8-9H2,1H3. The molecule has 0 aliphatic rings. The maximum Gasteiger partial charge on any atom is 0.277 e. The molecule has 1 aromatic heterocycles. The molecule has 0 saturated heterocycles. The Labute approximate surface area is 116 Å². The van der Waals surface area contributed by atoms with E-state index in [1.807, 2.05) is 25.1 Å². The summed E-state index contributed by atoms with van der Waals surface area (Å²) < 4.78 is 5.48. The zero-order chi connectivity index (χ0) is 13.5. The first-order valence-corrected chi connectivity index (χ1v) is 7.08. The van der Waals surface area contributed by atoms with E-state index in [2.05, 4.69) is 28.4 Å². The minimum Gasteiger partial charge on any atom is -0.416 e. The van der Waals surface area contributed by atoms with E-state index in [1.54, 1.807) is 0 Å². The van der Waals surface area contributed by atoms with E-state index >= 15 is 0 Å². The van der Waals surface area contributed by atoms with Crippen LogP contribution in [0.3, 0.4) is 0 Å². The van der Waals surface area contributed by atoms with E-state index in [1.165, 1.54) is 17.3 Å². The molecular formula is C14H15N3OS. The molecule has 0 bridgehead atoms. The van der Waals surface area contributed by atoms with E-state index in [0.29, 0.717) is 11.1 Å².